The summed E-state index contributed by atoms with van der Waals surface area (Å²) in [6.45, 7) is 10.2. The van der Waals surface area contributed by atoms with Gasteiger partial charge in [0.05, 0.1) is 82.5 Å². The molecule has 2 aromatic rings. The molecule has 2 aromatic carbocycles. The first-order valence-corrected chi connectivity index (χ1v) is 15.4. The van der Waals surface area contributed by atoms with Gasteiger partial charge >= 0.3 is 0 Å². The van der Waals surface area contributed by atoms with E-state index in [4.69, 9.17) is 30.5 Å². The lowest BCUT2D eigenvalue weighted by atomic mass is 9.95. The summed E-state index contributed by atoms with van der Waals surface area (Å²) in [6.07, 6.45) is 1.56. The third-order valence-electron chi connectivity index (χ3n) is 6.97. The van der Waals surface area contributed by atoms with E-state index in [2.05, 4.69) is 5.32 Å². The summed E-state index contributed by atoms with van der Waals surface area (Å²) in [7, 11) is 0. The Morgan fingerprint density at radius 3 is 2.18 bits per heavy atom. The van der Waals surface area contributed by atoms with Crippen molar-refractivity contribution >= 4 is 28.9 Å². The second-order valence-electron chi connectivity index (χ2n) is 10.7. The second kappa shape index (κ2) is 19.0. The average Bonchev–Trinajstić information content (AvgIpc) is 3.00. The summed E-state index contributed by atoms with van der Waals surface area (Å²) in [5.41, 5.74) is 11.1. The number of carbonyl (C=O) groups is 2. The highest BCUT2D eigenvalue weighted by Gasteiger charge is 2.27. The van der Waals surface area contributed by atoms with Crippen molar-refractivity contribution in [3.05, 3.63) is 65.2 Å². The molecule has 0 atom stereocenters. The molecule has 0 aliphatic carbocycles. The van der Waals surface area contributed by atoms with Crippen LogP contribution < -0.4 is 21.8 Å². The van der Waals surface area contributed by atoms with Crippen LogP contribution in [0.15, 0.2) is 48.5 Å². The smallest absolute Gasteiger partial charge is 0.229 e. The minimum absolute atomic E-state index is 0.0543. The minimum Gasteiger partial charge on any atom is -0.396 e. The standard InChI is InChI=1S/C33H49N5O6/c1-4-9-30(39)36-15-14-31(40)37-24-26-10-5-6-11-27(26)32(34)33(28-12-7-8-13-29(28)37)38(35)16-17-41-18-19-42-20-21-43-22-23-44-25(2)3/h5-8,10-13,25H,4,9,14-24,34-35H2,1-3H3,(H,36,39)/b33-32-. The number of rotatable bonds is 19. The molecule has 242 valence electrons. The van der Waals surface area contributed by atoms with Crippen molar-refractivity contribution in [3.8, 4) is 0 Å². The van der Waals surface area contributed by atoms with Gasteiger partial charge in [0.25, 0.3) is 0 Å². The lowest BCUT2D eigenvalue weighted by Gasteiger charge is -2.33. The second-order valence-corrected chi connectivity index (χ2v) is 10.7. The third kappa shape index (κ3) is 10.9. The Labute approximate surface area is 261 Å². The fraction of sp³-hybridized carbons (Fsp3) is 0.515. The van der Waals surface area contributed by atoms with Crippen LogP contribution in [0, 0.1) is 0 Å². The van der Waals surface area contributed by atoms with Crippen LogP contribution in [0.2, 0.25) is 0 Å². The number of amides is 2. The van der Waals surface area contributed by atoms with Crippen molar-refractivity contribution in [2.24, 2.45) is 11.6 Å². The minimum atomic E-state index is -0.106. The molecule has 3 rings (SSSR count). The van der Waals surface area contributed by atoms with Crippen LogP contribution in [-0.2, 0) is 35.1 Å². The lowest BCUT2D eigenvalue weighted by Crippen LogP contribution is -2.38. The van der Waals surface area contributed by atoms with Crippen LogP contribution in [0.5, 0.6) is 0 Å². The molecule has 0 unspecified atom stereocenters. The van der Waals surface area contributed by atoms with E-state index in [1.54, 1.807) is 9.91 Å². The molecule has 1 aliphatic rings. The van der Waals surface area contributed by atoms with E-state index in [0.717, 1.165) is 23.1 Å². The van der Waals surface area contributed by atoms with E-state index in [-0.39, 0.29) is 30.9 Å². The maximum Gasteiger partial charge on any atom is 0.229 e. The average molecular weight is 612 g/mol. The number of hydrogen-bond acceptors (Lipinski definition) is 9. The first-order chi connectivity index (χ1) is 21.3. The van der Waals surface area contributed by atoms with Crippen LogP contribution in [0.3, 0.4) is 0 Å². The summed E-state index contributed by atoms with van der Waals surface area (Å²) < 4.78 is 22.3. The van der Waals surface area contributed by atoms with Crippen LogP contribution in [-0.4, -0.2) is 82.3 Å². The molecule has 44 heavy (non-hydrogen) atoms. The van der Waals surface area contributed by atoms with Crippen molar-refractivity contribution in [1.29, 1.82) is 0 Å². The first-order valence-electron chi connectivity index (χ1n) is 15.4. The first kappa shape index (κ1) is 35.0. The summed E-state index contributed by atoms with van der Waals surface area (Å²) in [5.74, 6) is 6.48. The molecule has 0 fully saturated rings. The van der Waals surface area contributed by atoms with Crippen LogP contribution in [0.4, 0.5) is 5.69 Å². The van der Waals surface area contributed by atoms with Gasteiger partial charge in [-0.2, -0.15) is 0 Å². The van der Waals surface area contributed by atoms with Crippen molar-refractivity contribution < 1.29 is 28.5 Å². The molecule has 2 amide bonds. The quantitative estimate of drug-likeness (QED) is 0.124. The molecule has 0 saturated heterocycles. The number of benzene rings is 2. The number of anilines is 1. The zero-order valence-electron chi connectivity index (χ0n) is 26.4. The van der Waals surface area contributed by atoms with Crippen LogP contribution >= 0.6 is 0 Å². The van der Waals surface area contributed by atoms with E-state index >= 15 is 0 Å². The molecule has 11 heteroatoms. The van der Waals surface area contributed by atoms with Gasteiger partial charge in [-0.3, -0.25) is 9.59 Å². The van der Waals surface area contributed by atoms with E-state index in [0.29, 0.717) is 82.8 Å². The van der Waals surface area contributed by atoms with Gasteiger partial charge in [0, 0.05) is 30.5 Å². The Balaban J connectivity index is 1.63. The van der Waals surface area contributed by atoms with E-state index in [9.17, 15) is 9.59 Å². The predicted molar refractivity (Wildman–Crippen MR) is 172 cm³/mol. The molecule has 0 bridgehead atoms. The van der Waals surface area contributed by atoms with Gasteiger partial charge in [0.15, 0.2) is 0 Å². The number of fused-ring (bicyclic) bond motifs is 2. The van der Waals surface area contributed by atoms with Gasteiger partial charge in [-0.15, -0.1) is 0 Å². The topological polar surface area (TPSA) is 142 Å². The molecule has 0 radical (unpaired) electrons. The van der Waals surface area contributed by atoms with Gasteiger partial charge in [-0.05, 0) is 31.9 Å². The fourth-order valence-electron chi connectivity index (χ4n) is 4.81. The molecule has 0 aromatic heterocycles. The van der Waals surface area contributed by atoms with Crippen LogP contribution in [0.25, 0.3) is 11.4 Å². The molecular weight excluding hydrogens is 562 g/mol. The summed E-state index contributed by atoms with van der Waals surface area (Å²) in [6, 6.07) is 15.3. The molecule has 5 N–H and O–H groups in total. The number of hydrazine groups is 1. The van der Waals surface area contributed by atoms with Crippen molar-refractivity contribution in [2.75, 3.05) is 64.2 Å². The van der Waals surface area contributed by atoms with E-state index < -0.39 is 0 Å². The maximum absolute atomic E-state index is 13.6. The van der Waals surface area contributed by atoms with Crippen molar-refractivity contribution in [2.45, 2.75) is 52.7 Å². The van der Waals surface area contributed by atoms with Gasteiger partial charge < -0.3 is 39.9 Å². The van der Waals surface area contributed by atoms with E-state index in [1.165, 1.54) is 0 Å². The zero-order valence-corrected chi connectivity index (χ0v) is 26.4. The number of ether oxygens (including phenoxy) is 4. The monoisotopic (exact) mass is 611 g/mol. The van der Waals surface area contributed by atoms with E-state index in [1.807, 2.05) is 69.3 Å². The van der Waals surface area contributed by atoms with Gasteiger partial charge in [-0.1, -0.05) is 49.4 Å². The van der Waals surface area contributed by atoms with Crippen LogP contribution in [0.1, 0.15) is 56.7 Å². The molecule has 0 saturated carbocycles. The Bertz CT molecular complexity index is 1220. The Morgan fingerprint density at radius 2 is 1.50 bits per heavy atom. The summed E-state index contributed by atoms with van der Waals surface area (Å²) in [4.78, 5) is 27.3. The molecule has 0 spiro atoms. The number of carbonyl (C=O) groups excluding carboxylic acids is 2. The van der Waals surface area contributed by atoms with Gasteiger partial charge in [-0.25, -0.2) is 5.84 Å². The normalized spacial score (nSPS) is 14.5. The number of nitrogens with two attached hydrogens (primary N) is 2. The summed E-state index contributed by atoms with van der Waals surface area (Å²) in [5, 5.41) is 4.42. The Hall–Kier alpha value is -3.48. The SMILES string of the molecule is CCCC(=O)NCCC(=O)N1Cc2ccccc2/C(N)=C(/N(N)CCOCCOCCOCCOC(C)C)c2ccccc21. The highest BCUT2D eigenvalue weighted by Crippen LogP contribution is 2.37. The largest absolute Gasteiger partial charge is 0.396 e. The Morgan fingerprint density at radius 1 is 0.886 bits per heavy atom. The highest BCUT2D eigenvalue weighted by molar-refractivity contribution is 6.01. The number of hydrogen-bond donors (Lipinski definition) is 3. The van der Waals surface area contributed by atoms with Gasteiger partial charge in [0.1, 0.15) is 0 Å². The molecule has 1 aliphatic heterocycles. The number of para-hydroxylation sites is 1. The highest BCUT2D eigenvalue weighted by atomic mass is 16.6. The summed E-state index contributed by atoms with van der Waals surface area (Å²) >= 11 is 0. The fourth-order valence-corrected chi connectivity index (χ4v) is 4.81. The predicted octanol–water partition coefficient (Wildman–Crippen LogP) is 3.27. The van der Waals surface area contributed by atoms with Crippen molar-refractivity contribution in [3.63, 3.8) is 0 Å². The third-order valence-corrected chi connectivity index (χ3v) is 6.97. The Kier molecular flexibility index (Phi) is 15.1. The molecule has 11 nitrogen and oxygen atoms in total. The molecule has 1 heterocycles. The molecular formula is C33H49N5O6. The number of nitrogens with zero attached hydrogens (tertiary/aromatic N) is 2. The lowest BCUT2D eigenvalue weighted by molar-refractivity contribution is -0.121. The number of nitrogens with one attached hydrogen (secondary N) is 1. The van der Waals surface area contributed by atoms with Crippen molar-refractivity contribution in [1.82, 2.24) is 10.3 Å². The maximum atomic E-state index is 13.6. The van der Waals surface area contributed by atoms with Gasteiger partial charge in [0.2, 0.25) is 11.8 Å². The zero-order chi connectivity index (χ0) is 31.7.